The van der Waals surface area contributed by atoms with E-state index in [4.69, 9.17) is 11.6 Å². The number of amides is 1. The van der Waals surface area contributed by atoms with Crippen molar-refractivity contribution in [3.05, 3.63) is 21.3 Å². The molecule has 5 heteroatoms. The van der Waals surface area contributed by atoms with Crippen LogP contribution in [0, 0.1) is 0 Å². The lowest BCUT2D eigenvalue weighted by molar-refractivity contribution is -0.121. The normalized spacial score (nSPS) is 16.6. The predicted molar refractivity (Wildman–Crippen MR) is 76.1 cm³/mol. The summed E-state index contributed by atoms with van der Waals surface area (Å²) in [7, 11) is 0. The Morgan fingerprint density at radius 2 is 2.33 bits per heavy atom. The molecule has 0 aliphatic heterocycles. The van der Waals surface area contributed by atoms with Crippen LogP contribution in [0.5, 0.6) is 0 Å². The summed E-state index contributed by atoms with van der Waals surface area (Å²) < 4.78 is 0.822. The molecule has 1 saturated carbocycles. The van der Waals surface area contributed by atoms with Crippen LogP contribution in [-0.4, -0.2) is 18.5 Å². The zero-order chi connectivity index (χ0) is 13.0. The fraction of sp³-hybridized carbons (Fsp3) is 0.615. The van der Waals surface area contributed by atoms with Gasteiger partial charge in [-0.25, -0.2) is 0 Å². The second kappa shape index (κ2) is 6.55. The topological polar surface area (TPSA) is 41.1 Å². The molecule has 0 radical (unpaired) electrons. The molecule has 1 heterocycles. The maximum absolute atomic E-state index is 11.5. The Labute approximate surface area is 117 Å². The van der Waals surface area contributed by atoms with Gasteiger partial charge in [-0.2, -0.15) is 0 Å². The molecule has 1 aliphatic carbocycles. The zero-order valence-electron chi connectivity index (χ0n) is 10.5. The Hall–Kier alpha value is -0.580. The van der Waals surface area contributed by atoms with Crippen molar-refractivity contribution >= 4 is 28.8 Å². The maximum atomic E-state index is 11.5. The van der Waals surface area contributed by atoms with Crippen LogP contribution in [0.2, 0.25) is 4.34 Å². The number of nitrogens with one attached hydrogen (secondary N) is 2. The standard InChI is InChI=1S/C13H19ClN2OS/c1-9(11-6-7-12(14)18-11)15-8-2-3-13(17)16-10-4-5-10/h6-7,9-10,15H,2-5,8H2,1H3,(H,16,17). The quantitative estimate of drug-likeness (QED) is 0.756. The summed E-state index contributed by atoms with van der Waals surface area (Å²) in [5.41, 5.74) is 0. The van der Waals surface area contributed by atoms with E-state index in [0.29, 0.717) is 18.5 Å². The Balaban J connectivity index is 1.58. The van der Waals surface area contributed by atoms with Gasteiger partial charge >= 0.3 is 0 Å². The molecule has 0 spiro atoms. The predicted octanol–water partition coefficient (Wildman–Crippen LogP) is 3.11. The maximum Gasteiger partial charge on any atom is 0.220 e. The molecule has 100 valence electrons. The summed E-state index contributed by atoms with van der Waals surface area (Å²) in [6.45, 7) is 2.97. The molecule has 3 nitrogen and oxygen atoms in total. The van der Waals surface area contributed by atoms with Crippen molar-refractivity contribution < 1.29 is 4.79 Å². The van der Waals surface area contributed by atoms with E-state index in [1.165, 1.54) is 4.88 Å². The van der Waals surface area contributed by atoms with Crippen LogP contribution in [0.15, 0.2) is 12.1 Å². The molecule has 1 amide bonds. The number of thiophene rings is 1. The first-order valence-electron chi connectivity index (χ1n) is 6.43. The number of halogens is 1. The van der Waals surface area contributed by atoms with Gasteiger partial charge in [0.05, 0.1) is 4.34 Å². The average molecular weight is 287 g/mol. The molecule has 1 atom stereocenters. The third-order valence-electron chi connectivity index (χ3n) is 2.99. The molecule has 18 heavy (non-hydrogen) atoms. The van der Waals surface area contributed by atoms with Crippen LogP contribution in [0.4, 0.5) is 0 Å². The van der Waals surface area contributed by atoms with E-state index >= 15 is 0 Å². The van der Waals surface area contributed by atoms with E-state index in [0.717, 1.165) is 30.1 Å². The summed E-state index contributed by atoms with van der Waals surface area (Å²) in [5.74, 6) is 0.186. The van der Waals surface area contributed by atoms with Crippen molar-refractivity contribution in [2.75, 3.05) is 6.54 Å². The minimum absolute atomic E-state index is 0.186. The molecule has 1 fully saturated rings. The van der Waals surface area contributed by atoms with Crippen LogP contribution >= 0.6 is 22.9 Å². The summed E-state index contributed by atoms with van der Waals surface area (Å²) in [4.78, 5) is 12.7. The molecule has 1 aromatic rings. The fourth-order valence-electron chi connectivity index (χ4n) is 1.76. The Bertz CT molecular complexity index is 403. The van der Waals surface area contributed by atoms with Gasteiger partial charge in [-0.05, 0) is 44.9 Å². The molecular formula is C13H19ClN2OS. The third-order valence-corrected chi connectivity index (χ3v) is 4.41. The van der Waals surface area contributed by atoms with Gasteiger partial charge in [0.1, 0.15) is 0 Å². The van der Waals surface area contributed by atoms with Gasteiger partial charge in [0.2, 0.25) is 5.91 Å². The largest absolute Gasteiger partial charge is 0.353 e. The van der Waals surface area contributed by atoms with Crippen molar-refractivity contribution in [3.63, 3.8) is 0 Å². The Morgan fingerprint density at radius 3 is 2.94 bits per heavy atom. The summed E-state index contributed by atoms with van der Waals surface area (Å²) in [6, 6.07) is 4.74. The van der Waals surface area contributed by atoms with Gasteiger partial charge in [0.15, 0.2) is 0 Å². The van der Waals surface area contributed by atoms with E-state index in [9.17, 15) is 4.79 Å². The molecule has 0 bridgehead atoms. The molecule has 0 aromatic carbocycles. The van der Waals surface area contributed by atoms with Crippen molar-refractivity contribution in [3.8, 4) is 0 Å². The number of hydrogen-bond donors (Lipinski definition) is 2. The monoisotopic (exact) mass is 286 g/mol. The lowest BCUT2D eigenvalue weighted by Crippen LogP contribution is -2.26. The highest BCUT2D eigenvalue weighted by atomic mass is 35.5. The average Bonchev–Trinajstić information content (AvgIpc) is 3.03. The second-order valence-corrected chi connectivity index (χ2v) is 6.51. The highest BCUT2D eigenvalue weighted by Gasteiger charge is 2.22. The van der Waals surface area contributed by atoms with Crippen LogP contribution in [0.25, 0.3) is 0 Å². The van der Waals surface area contributed by atoms with Crippen molar-refractivity contribution in [1.29, 1.82) is 0 Å². The first-order valence-corrected chi connectivity index (χ1v) is 7.62. The van der Waals surface area contributed by atoms with Gasteiger partial charge in [-0.3, -0.25) is 4.79 Å². The molecule has 1 aromatic heterocycles. The van der Waals surface area contributed by atoms with Gasteiger partial charge in [0, 0.05) is 23.4 Å². The Kier molecular flexibility index (Phi) is 5.03. The number of hydrogen-bond acceptors (Lipinski definition) is 3. The van der Waals surface area contributed by atoms with Crippen LogP contribution in [0.1, 0.15) is 43.5 Å². The highest BCUT2D eigenvalue weighted by molar-refractivity contribution is 7.16. The SMILES string of the molecule is CC(NCCCC(=O)NC1CC1)c1ccc(Cl)s1. The second-order valence-electron chi connectivity index (χ2n) is 4.76. The van der Waals surface area contributed by atoms with Crippen molar-refractivity contribution in [2.24, 2.45) is 0 Å². The van der Waals surface area contributed by atoms with Crippen LogP contribution < -0.4 is 10.6 Å². The van der Waals surface area contributed by atoms with E-state index in [2.05, 4.69) is 17.6 Å². The molecule has 0 saturated heterocycles. The van der Waals surface area contributed by atoms with E-state index in [-0.39, 0.29) is 5.91 Å². The van der Waals surface area contributed by atoms with E-state index < -0.39 is 0 Å². The van der Waals surface area contributed by atoms with E-state index in [1.807, 2.05) is 12.1 Å². The molecular weight excluding hydrogens is 268 g/mol. The minimum atomic E-state index is 0.186. The summed E-state index contributed by atoms with van der Waals surface area (Å²) >= 11 is 7.50. The van der Waals surface area contributed by atoms with Crippen LogP contribution in [0.3, 0.4) is 0 Å². The number of rotatable bonds is 7. The lowest BCUT2D eigenvalue weighted by atomic mass is 10.2. The van der Waals surface area contributed by atoms with Crippen molar-refractivity contribution in [1.82, 2.24) is 10.6 Å². The minimum Gasteiger partial charge on any atom is -0.353 e. The summed E-state index contributed by atoms with van der Waals surface area (Å²) in [5, 5.41) is 6.40. The smallest absolute Gasteiger partial charge is 0.220 e. The van der Waals surface area contributed by atoms with Crippen molar-refractivity contribution in [2.45, 2.75) is 44.7 Å². The molecule has 2 N–H and O–H groups in total. The fourth-order valence-corrected chi connectivity index (χ4v) is 2.84. The zero-order valence-corrected chi connectivity index (χ0v) is 12.1. The molecule has 1 aliphatic rings. The van der Waals surface area contributed by atoms with Gasteiger partial charge in [-0.15, -0.1) is 11.3 Å². The molecule has 2 rings (SSSR count). The van der Waals surface area contributed by atoms with Gasteiger partial charge in [-0.1, -0.05) is 11.6 Å². The first-order chi connectivity index (χ1) is 8.65. The highest BCUT2D eigenvalue weighted by Crippen LogP contribution is 2.26. The van der Waals surface area contributed by atoms with Gasteiger partial charge in [0.25, 0.3) is 0 Å². The molecule has 1 unspecified atom stereocenters. The number of carbonyl (C=O) groups is 1. The van der Waals surface area contributed by atoms with Gasteiger partial charge < -0.3 is 10.6 Å². The number of carbonyl (C=O) groups excluding carboxylic acids is 1. The third kappa shape index (κ3) is 4.59. The first kappa shape index (κ1) is 13.8. The summed E-state index contributed by atoms with van der Waals surface area (Å²) in [6.07, 6.45) is 3.80. The Morgan fingerprint density at radius 1 is 1.56 bits per heavy atom. The van der Waals surface area contributed by atoms with Crippen LogP contribution in [-0.2, 0) is 4.79 Å². The van der Waals surface area contributed by atoms with E-state index in [1.54, 1.807) is 11.3 Å². The lowest BCUT2D eigenvalue weighted by Gasteiger charge is -2.11.